The van der Waals surface area contributed by atoms with Gasteiger partial charge in [0, 0.05) is 23.9 Å². The van der Waals surface area contributed by atoms with E-state index in [0.717, 1.165) is 48.3 Å². The lowest BCUT2D eigenvalue weighted by atomic mass is 9.94. The molecule has 5 heteroatoms. The second-order valence-electron chi connectivity index (χ2n) is 8.70. The van der Waals surface area contributed by atoms with Crippen molar-refractivity contribution >= 4 is 22.5 Å². The van der Waals surface area contributed by atoms with E-state index in [0.29, 0.717) is 0 Å². The van der Waals surface area contributed by atoms with Crippen molar-refractivity contribution in [1.82, 2.24) is 4.57 Å². The summed E-state index contributed by atoms with van der Waals surface area (Å²) in [6, 6.07) is 18.6. The van der Waals surface area contributed by atoms with Gasteiger partial charge in [-0.3, -0.25) is 9.69 Å². The molecular formula is C24H22N2O3. The quantitative estimate of drug-likeness (QED) is 0.572. The lowest BCUT2D eigenvalue weighted by Crippen LogP contribution is -2.42. The van der Waals surface area contributed by atoms with Gasteiger partial charge in [0.25, 0.3) is 5.91 Å². The Morgan fingerprint density at radius 3 is 2.52 bits per heavy atom. The average Bonchev–Trinajstić information content (AvgIpc) is 3.39. The Balaban J connectivity index is 1.44. The molecular weight excluding hydrogens is 364 g/mol. The number of aromatic nitrogens is 1. The van der Waals surface area contributed by atoms with Crippen molar-refractivity contribution in [3.63, 3.8) is 0 Å². The Morgan fingerprint density at radius 2 is 1.66 bits per heavy atom. The van der Waals surface area contributed by atoms with Gasteiger partial charge >= 0.3 is 0 Å². The molecule has 1 aromatic heterocycles. The summed E-state index contributed by atoms with van der Waals surface area (Å²) in [5.41, 5.74) is 4.26. The lowest BCUT2D eigenvalue weighted by Gasteiger charge is -2.38. The molecule has 7 rings (SSSR count). The van der Waals surface area contributed by atoms with Crippen LogP contribution in [0.25, 0.3) is 16.6 Å². The molecule has 0 bridgehead atoms. The van der Waals surface area contributed by atoms with E-state index < -0.39 is 11.9 Å². The van der Waals surface area contributed by atoms with E-state index in [1.165, 1.54) is 11.8 Å². The van der Waals surface area contributed by atoms with Gasteiger partial charge in [0.15, 0.2) is 11.9 Å². The molecule has 3 atom stereocenters. The highest BCUT2D eigenvalue weighted by atomic mass is 16.8. The van der Waals surface area contributed by atoms with E-state index in [-0.39, 0.29) is 18.1 Å². The van der Waals surface area contributed by atoms with Crippen LogP contribution in [0.5, 0.6) is 0 Å². The van der Waals surface area contributed by atoms with Gasteiger partial charge in [0.1, 0.15) is 12.1 Å². The monoisotopic (exact) mass is 386 g/mol. The third-order valence-electron chi connectivity index (χ3n) is 7.10. The van der Waals surface area contributed by atoms with Crippen LogP contribution in [0.15, 0.2) is 54.6 Å². The summed E-state index contributed by atoms with van der Waals surface area (Å²) in [6.07, 6.45) is 4.41. The number of rotatable bonds is 0. The van der Waals surface area contributed by atoms with Crippen LogP contribution in [-0.4, -0.2) is 28.5 Å². The maximum atomic E-state index is 13.5. The van der Waals surface area contributed by atoms with Crippen molar-refractivity contribution in [2.45, 2.75) is 56.1 Å². The maximum Gasteiger partial charge on any atom is 0.259 e. The third kappa shape index (κ3) is 1.99. The minimum Gasteiger partial charge on any atom is -0.341 e. The van der Waals surface area contributed by atoms with Crippen molar-refractivity contribution in [2.24, 2.45) is 0 Å². The number of amides is 1. The Labute approximate surface area is 168 Å². The lowest BCUT2D eigenvalue weighted by molar-refractivity contribution is -0.199. The molecule has 3 aromatic rings. The van der Waals surface area contributed by atoms with Crippen LogP contribution in [-0.2, 0) is 14.3 Å². The van der Waals surface area contributed by atoms with Crippen LogP contribution < -0.4 is 4.90 Å². The number of fused-ring (bicyclic) bond motifs is 10. The molecule has 3 fully saturated rings. The van der Waals surface area contributed by atoms with Gasteiger partial charge in [-0.1, -0.05) is 36.8 Å². The van der Waals surface area contributed by atoms with Gasteiger partial charge < -0.3 is 14.0 Å². The molecule has 0 unspecified atom stereocenters. The second-order valence-corrected chi connectivity index (χ2v) is 8.70. The zero-order chi connectivity index (χ0) is 19.2. The molecule has 5 nitrogen and oxygen atoms in total. The summed E-state index contributed by atoms with van der Waals surface area (Å²) in [5.74, 6) is -0.533. The number of hydrogen-bond donors (Lipinski definition) is 0. The smallest absolute Gasteiger partial charge is 0.259 e. The molecule has 1 saturated carbocycles. The molecule has 29 heavy (non-hydrogen) atoms. The fourth-order valence-corrected chi connectivity index (χ4v) is 5.89. The normalized spacial score (nSPS) is 29.0. The van der Waals surface area contributed by atoms with Crippen molar-refractivity contribution in [3.05, 3.63) is 60.3 Å². The van der Waals surface area contributed by atoms with Crippen molar-refractivity contribution in [1.29, 1.82) is 0 Å². The molecule has 2 aromatic carbocycles. The van der Waals surface area contributed by atoms with Crippen LogP contribution in [0.4, 0.5) is 5.69 Å². The molecule has 3 aliphatic heterocycles. The minimum atomic E-state index is -0.566. The van der Waals surface area contributed by atoms with E-state index in [1.54, 1.807) is 0 Å². The first kappa shape index (κ1) is 16.2. The Morgan fingerprint density at radius 1 is 0.897 bits per heavy atom. The van der Waals surface area contributed by atoms with Gasteiger partial charge in [-0.2, -0.15) is 0 Å². The minimum absolute atomic E-state index is 0.0337. The van der Waals surface area contributed by atoms with Crippen molar-refractivity contribution < 1.29 is 14.3 Å². The molecule has 4 heterocycles. The number of benzene rings is 2. The number of carbonyl (C=O) groups excluding carboxylic acids is 1. The first-order chi connectivity index (χ1) is 14.3. The Hall–Kier alpha value is -2.63. The highest BCUT2D eigenvalue weighted by Gasteiger charge is 2.62. The van der Waals surface area contributed by atoms with E-state index >= 15 is 0 Å². The van der Waals surface area contributed by atoms with E-state index in [1.807, 2.05) is 23.1 Å². The Bertz CT molecular complexity index is 1160. The van der Waals surface area contributed by atoms with Crippen LogP contribution in [0.3, 0.4) is 0 Å². The van der Waals surface area contributed by atoms with Crippen molar-refractivity contribution in [2.75, 3.05) is 4.90 Å². The summed E-state index contributed by atoms with van der Waals surface area (Å²) < 4.78 is 15.3. The van der Waals surface area contributed by atoms with E-state index in [9.17, 15) is 4.79 Å². The predicted octanol–water partition coefficient (Wildman–Crippen LogP) is 4.48. The Kier molecular flexibility index (Phi) is 3.07. The second kappa shape index (κ2) is 5.49. The molecule has 0 radical (unpaired) electrons. The standard InChI is InChI=1S/C24H22N2O3/c27-23-22-21(28-24(29-22)12-6-1-7-13-24)20-19-14-15-8-2-3-9-16(15)25(19)17-10-4-5-11-18(17)26(20)23/h2-5,8-11,14,20-22H,1,6-7,12-13H2/t20-,21-,22-/m0/s1. The van der Waals surface area contributed by atoms with E-state index in [4.69, 9.17) is 9.47 Å². The van der Waals surface area contributed by atoms with Gasteiger partial charge in [-0.15, -0.1) is 0 Å². The molecule has 1 spiro atoms. The number of hydrogen-bond acceptors (Lipinski definition) is 3. The summed E-state index contributed by atoms with van der Waals surface area (Å²) in [6.45, 7) is 0. The van der Waals surface area contributed by atoms with Gasteiger partial charge in [0.05, 0.1) is 16.9 Å². The van der Waals surface area contributed by atoms with Gasteiger partial charge in [-0.05, 0) is 37.1 Å². The van der Waals surface area contributed by atoms with Crippen LogP contribution in [0.1, 0.15) is 43.8 Å². The third-order valence-corrected chi connectivity index (χ3v) is 7.10. The largest absolute Gasteiger partial charge is 0.341 e. The van der Waals surface area contributed by atoms with Crippen LogP contribution in [0, 0.1) is 0 Å². The summed E-state index contributed by atoms with van der Waals surface area (Å²) in [5, 5.41) is 1.18. The molecule has 146 valence electrons. The molecule has 1 amide bonds. The van der Waals surface area contributed by atoms with Crippen LogP contribution in [0.2, 0.25) is 0 Å². The fourth-order valence-electron chi connectivity index (χ4n) is 5.89. The number of nitrogens with zero attached hydrogens (tertiary/aromatic N) is 2. The molecule has 4 aliphatic rings. The zero-order valence-electron chi connectivity index (χ0n) is 16.1. The number of para-hydroxylation sites is 3. The maximum absolute atomic E-state index is 13.5. The number of ether oxygens (including phenoxy) is 2. The first-order valence-corrected chi connectivity index (χ1v) is 10.6. The summed E-state index contributed by atoms with van der Waals surface area (Å²) in [7, 11) is 0. The SMILES string of the molecule is O=C1[C@H]2OC3(CCCCC3)O[C@H]2[C@@H]2c3cc4ccccc4n3-c3ccccc3N12. The molecule has 1 aliphatic carbocycles. The average molecular weight is 386 g/mol. The summed E-state index contributed by atoms with van der Waals surface area (Å²) in [4.78, 5) is 15.5. The zero-order valence-corrected chi connectivity index (χ0v) is 16.1. The number of anilines is 1. The van der Waals surface area contributed by atoms with E-state index in [2.05, 4.69) is 41.0 Å². The first-order valence-electron chi connectivity index (χ1n) is 10.6. The van der Waals surface area contributed by atoms with Gasteiger partial charge in [0.2, 0.25) is 0 Å². The predicted molar refractivity (Wildman–Crippen MR) is 109 cm³/mol. The van der Waals surface area contributed by atoms with Gasteiger partial charge in [-0.25, -0.2) is 0 Å². The topological polar surface area (TPSA) is 43.7 Å². The fraction of sp³-hybridized carbons (Fsp3) is 0.375. The highest BCUT2D eigenvalue weighted by Crippen LogP contribution is 2.54. The molecule has 0 N–H and O–H groups in total. The van der Waals surface area contributed by atoms with Crippen LogP contribution >= 0.6 is 0 Å². The summed E-state index contributed by atoms with van der Waals surface area (Å²) >= 11 is 0. The molecule has 2 saturated heterocycles. The highest BCUT2D eigenvalue weighted by molar-refractivity contribution is 6.04. The van der Waals surface area contributed by atoms with Crippen molar-refractivity contribution in [3.8, 4) is 5.69 Å². The number of carbonyl (C=O) groups is 1.